The van der Waals surface area contributed by atoms with E-state index >= 15 is 0 Å². The lowest BCUT2D eigenvalue weighted by atomic mass is 10.2. The van der Waals surface area contributed by atoms with Crippen molar-refractivity contribution in [3.05, 3.63) is 59.0 Å². The molecule has 0 spiro atoms. The molecule has 0 radical (unpaired) electrons. The summed E-state index contributed by atoms with van der Waals surface area (Å²) in [4.78, 5) is 26.7. The first-order chi connectivity index (χ1) is 16.1. The fourth-order valence-electron chi connectivity index (χ4n) is 2.90. The lowest BCUT2D eigenvalue weighted by molar-refractivity contribution is -0.123. The molecule has 0 aromatic heterocycles. The Morgan fingerprint density at radius 1 is 1.12 bits per heavy atom. The SMILES string of the molecule is CCOc1ccc(N2C(=O)/C(=C\c3ccc(O[C@H](NC(=O)CC)C(Cl)(Cl)Cl)cc3)SC2=S)cc1. The summed E-state index contributed by atoms with van der Waals surface area (Å²) in [5, 5.41) is 2.53. The molecule has 180 valence electrons. The number of benzene rings is 2. The van der Waals surface area contributed by atoms with Crippen LogP contribution in [-0.2, 0) is 9.59 Å². The van der Waals surface area contributed by atoms with Crippen molar-refractivity contribution in [1.29, 1.82) is 0 Å². The van der Waals surface area contributed by atoms with E-state index in [1.165, 1.54) is 16.7 Å². The Labute approximate surface area is 222 Å². The van der Waals surface area contributed by atoms with Gasteiger partial charge in [-0.1, -0.05) is 77.8 Å². The number of ether oxygens (including phenoxy) is 2. The van der Waals surface area contributed by atoms with Gasteiger partial charge < -0.3 is 14.8 Å². The van der Waals surface area contributed by atoms with Crippen molar-refractivity contribution >= 4 is 86.7 Å². The van der Waals surface area contributed by atoms with E-state index in [1.54, 1.807) is 61.5 Å². The molecule has 11 heteroatoms. The molecule has 0 unspecified atom stereocenters. The predicted octanol–water partition coefficient (Wildman–Crippen LogP) is 6.09. The average Bonchev–Trinajstić information content (AvgIpc) is 3.07. The van der Waals surface area contributed by atoms with Crippen LogP contribution in [0.4, 0.5) is 5.69 Å². The fourth-order valence-corrected chi connectivity index (χ4v) is 4.50. The maximum atomic E-state index is 13.0. The van der Waals surface area contributed by atoms with E-state index in [4.69, 9.17) is 56.5 Å². The molecule has 1 aliphatic heterocycles. The number of carbonyl (C=O) groups is 2. The Hall–Kier alpha value is -1.97. The summed E-state index contributed by atoms with van der Waals surface area (Å²) in [5.74, 6) is 0.577. The second-order valence-corrected chi connectivity index (χ2v) is 11.0. The normalized spacial score (nSPS) is 16.0. The van der Waals surface area contributed by atoms with Crippen molar-refractivity contribution < 1.29 is 19.1 Å². The average molecular weight is 560 g/mol. The molecule has 2 amide bonds. The Bertz CT molecular complexity index is 1090. The van der Waals surface area contributed by atoms with E-state index in [0.717, 1.165) is 11.3 Å². The van der Waals surface area contributed by atoms with E-state index in [0.29, 0.717) is 27.3 Å². The maximum Gasteiger partial charge on any atom is 0.270 e. The number of thiocarbonyl (C=S) groups is 1. The van der Waals surface area contributed by atoms with Gasteiger partial charge in [0.05, 0.1) is 17.2 Å². The summed E-state index contributed by atoms with van der Waals surface area (Å²) >= 11 is 24.4. The van der Waals surface area contributed by atoms with Gasteiger partial charge in [0.25, 0.3) is 5.91 Å². The highest BCUT2D eigenvalue weighted by Gasteiger charge is 2.36. The minimum atomic E-state index is -1.86. The van der Waals surface area contributed by atoms with Gasteiger partial charge in [-0.2, -0.15) is 0 Å². The van der Waals surface area contributed by atoms with Crippen molar-refractivity contribution in [3.63, 3.8) is 0 Å². The standard InChI is InChI=1S/C23H21Cl3N2O4S2/c1-3-19(29)27-21(23(24,25)26)32-17-9-5-14(6-10-17)13-18-20(30)28(22(33)34-18)15-7-11-16(12-8-15)31-4-2/h5-13,21H,3-4H2,1-2H3,(H,27,29)/b18-13+/t21-/m0/s1. The number of nitrogens with one attached hydrogen (secondary N) is 1. The Morgan fingerprint density at radius 2 is 1.74 bits per heavy atom. The third kappa shape index (κ3) is 6.79. The first kappa shape index (κ1) is 26.6. The molecular formula is C23H21Cl3N2O4S2. The van der Waals surface area contributed by atoms with Crippen LogP contribution in [0.3, 0.4) is 0 Å². The number of hydrogen-bond donors (Lipinski definition) is 1. The predicted molar refractivity (Wildman–Crippen MR) is 143 cm³/mol. The molecule has 1 fully saturated rings. The second-order valence-electron chi connectivity index (χ2n) is 6.97. The molecule has 6 nitrogen and oxygen atoms in total. The molecule has 3 rings (SSSR count). The van der Waals surface area contributed by atoms with Crippen LogP contribution in [0.25, 0.3) is 6.08 Å². The van der Waals surface area contributed by atoms with Gasteiger partial charge in [-0.25, -0.2) is 0 Å². The number of anilines is 1. The van der Waals surface area contributed by atoms with E-state index in [-0.39, 0.29) is 18.2 Å². The molecule has 1 aliphatic rings. The maximum absolute atomic E-state index is 13.0. The smallest absolute Gasteiger partial charge is 0.270 e. The van der Waals surface area contributed by atoms with Gasteiger partial charge in [-0.15, -0.1) is 0 Å². The van der Waals surface area contributed by atoms with E-state index in [2.05, 4.69) is 5.32 Å². The van der Waals surface area contributed by atoms with E-state index in [1.807, 2.05) is 6.92 Å². The van der Waals surface area contributed by atoms with Crippen LogP contribution >= 0.6 is 58.8 Å². The summed E-state index contributed by atoms with van der Waals surface area (Å²) < 4.78 is 9.68. The lowest BCUT2D eigenvalue weighted by Crippen LogP contribution is -2.47. The molecule has 2 aromatic carbocycles. The van der Waals surface area contributed by atoms with Gasteiger partial charge in [0.15, 0.2) is 4.32 Å². The molecule has 0 aliphatic carbocycles. The number of nitrogens with zero attached hydrogens (tertiary/aromatic N) is 1. The van der Waals surface area contributed by atoms with Crippen LogP contribution in [0.2, 0.25) is 0 Å². The number of carbonyl (C=O) groups excluding carboxylic acids is 2. The topological polar surface area (TPSA) is 67.9 Å². The molecule has 1 N–H and O–H groups in total. The lowest BCUT2D eigenvalue weighted by Gasteiger charge is -2.26. The van der Waals surface area contributed by atoms with Crippen LogP contribution in [0.1, 0.15) is 25.8 Å². The van der Waals surface area contributed by atoms with Crippen molar-refractivity contribution in [3.8, 4) is 11.5 Å². The van der Waals surface area contributed by atoms with Gasteiger partial charge in [0.2, 0.25) is 15.9 Å². The highest BCUT2D eigenvalue weighted by atomic mass is 35.6. The molecule has 2 aromatic rings. The Morgan fingerprint density at radius 3 is 2.29 bits per heavy atom. The van der Waals surface area contributed by atoms with Crippen LogP contribution in [-0.4, -0.2) is 32.8 Å². The summed E-state index contributed by atoms with van der Waals surface area (Å²) in [5.41, 5.74) is 1.42. The summed E-state index contributed by atoms with van der Waals surface area (Å²) in [6.45, 7) is 4.15. The van der Waals surface area contributed by atoms with Crippen molar-refractivity contribution in [2.45, 2.75) is 30.3 Å². The van der Waals surface area contributed by atoms with Crippen molar-refractivity contribution in [1.82, 2.24) is 5.32 Å². The molecule has 1 atom stereocenters. The molecule has 1 heterocycles. The summed E-state index contributed by atoms with van der Waals surface area (Å²) in [6, 6.07) is 14.0. The number of alkyl halides is 3. The highest BCUT2D eigenvalue weighted by Crippen LogP contribution is 2.37. The minimum absolute atomic E-state index is 0.210. The Kier molecular flexibility index (Phi) is 9.12. The van der Waals surface area contributed by atoms with Gasteiger partial charge in [-0.3, -0.25) is 14.5 Å². The van der Waals surface area contributed by atoms with E-state index < -0.39 is 10.0 Å². The van der Waals surface area contributed by atoms with Crippen LogP contribution < -0.4 is 19.7 Å². The van der Waals surface area contributed by atoms with Crippen LogP contribution in [0, 0.1) is 0 Å². The molecule has 1 saturated heterocycles. The first-order valence-corrected chi connectivity index (χ1v) is 12.6. The zero-order valence-electron chi connectivity index (χ0n) is 18.2. The monoisotopic (exact) mass is 558 g/mol. The minimum Gasteiger partial charge on any atom is -0.494 e. The number of halogens is 3. The summed E-state index contributed by atoms with van der Waals surface area (Å²) in [7, 11) is 0. The number of amides is 2. The number of rotatable bonds is 8. The van der Waals surface area contributed by atoms with Crippen molar-refractivity contribution in [2.75, 3.05) is 11.5 Å². The van der Waals surface area contributed by atoms with E-state index in [9.17, 15) is 9.59 Å². The Balaban J connectivity index is 1.73. The van der Waals surface area contributed by atoms with Gasteiger partial charge in [0.1, 0.15) is 11.5 Å². The third-order valence-electron chi connectivity index (χ3n) is 4.54. The first-order valence-electron chi connectivity index (χ1n) is 10.3. The molecular weight excluding hydrogens is 539 g/mol. The fraction of sp³-hybridized carbons (Fsp3) is 0.261. The van der Waals surface area contributed by atoms with Crippen LogP contribution in [0.5, 0.6) is 11.5 Å². The van der Waals surface area contributed by atoms with Crippen molar-refractivity contribution in [2.24, 2.45) is 0 Å². The van der Waals surface area contributed by atoms with Gasteiger partial charge in [0, 0.05) is 6.42 Å². The zero-order valence-corrected chi connectivity index (χ0v) is 22.1. The third-order valence-corrected chi connectivity index (χ3v) is 6.44. The zero-order chi connectivity index (χ0) is 24.9. The highest BCUT2D eigenvalue weighted by molar-refractivity contribution is 8.27. The van der Waals surface area contributed by atoms with Gasteiger partial charge >= 0.3 is 0 Å². The number of hydrogen-bond acceptors (Lipinski definition) is 6. The number of thioether (sulfide) groups is 1. The quantitative estimate of drug-likeness (QED) is 0.183. The molecule has 0 saturated carbocycles. The molecule has 0 bridgehead atoms. The molecule has 34 heavy (non-hydrogen) atoms. The largest absolute Gasteiger partial charge is 0.494 e. The van der Waals surface area contributed by atoms with Crippen LogP contribution in [0.15, 0.2) is 53.4 Å². The second kappa shape index (κ2) is 11.6. The summed E-state index contributed by atoms with van der Waals surface area (Å²) in [6.07, 6.45) is 0.790. The van der Waals surface area contributed by atoms with Gasteiger partial charge in [-0.05, 0) is 55.0 Å².